The monoisotopic (exact) mass is 302 g/mol. The van der Waals surface area contributed by atoms with Crippen molar-refractivity contribution in [2.75, 3.05) is 19.7 Å². The van der Waals surface area contributed by atoms with Crippen LogP contribution in [0.5, 0.6) is 0 Å². The molecule has 0 radical (unpaired) electrons. The maximum absolute atomic E-state index is 12.0. The van der Waals surface area contributed by atoms with Gasteiger partial charge in [0.2, 0.25) is 5.91 Å². The van der Waals surface area contributed by atoms with Gasteiger partial charge in [-0.25, -0.2) is 0 Å². The summed E-state index contributed by atoms with van der Waals surface area (Å²) in [6, 6.07) is 10.7. The van der Waals surface area contributed by atoms with E-state index in [2.05, 4.69) is 41.4 Å². The van der Waals surface area contributed by atoms with Crippen molar-refractivity contribution in [2.24, 2.45) is 5.92 Å². The molecule has 0 bridgehead atoms. The fourth-order valence-corrected chi connectivity index (χ4v) is 3.06. The van der Waals surface area contributed by atoms with Crippen molar-refractivity contribution < 1.29 is 9.53 Å². The van der Waals surface area contributed by atoms with Gasteiger partial charge in [0.15, 0.2) is 0 Å². The zero-order valence-electron chi connectivity index (χ0n) is 13.3. The number of carbonyl (C=O) groups is 1. The Bertz CT molecular complexity index is 487. The number of morpholine rings is 1. The van der Waals surface area contributed by atoms with Crippen molar-refractivity contribution >= 4 is 5.91 Å². The smallest absolute Gasteiger partial charge is 0.223 e. The number of nitrogens with zero attached hydrogens (tertiary/aromatic N) is 1. The molecule has 1 aliphatic carbocycles. The SMILES string of the molecule is CC[C@@H](NC(=O)C1CC1)[C@H]1CN(Cc2ccccc2)CCO1. The molecule has 0 spiro atoms. The molecule has 120 valence electrons. The summed E-state index contributed by atoms with van der Waals surface area (Å²) in [6.07, 6.45) is 3.12. The molecule has 2 aliphatic rings. The van der Waals surface area contributed by atoms with Crippen LogP contribution in [-0.4, -0.2) is 42.6 Å². The summed E-state index contributed by atoms with van der Waals surface area (Å²) in [5.41, 5.74) is 1.33. The molecular weight excluding hydrogens is 276 g/mol. The maximum atomic E-state index is 12.0. The predicted octanol–water partition coefficient (Wildman–Crippen LogP) is 2.19. The molecular formula is C18H26N2O2. The maximum Gasteiger partial charge on any atom is 0.223 e. The topological polar surface area (TPSA) is 41.6 Å². The van der Waals surface area contributed by atoms with Crippen LogP contribution in [0.3, 0.4) is 0 Å². The third-order valence-electron chi connectivity index (χ3n) is 4.59. The van der Waals surface area contributed by atoms with Gasteiger partial charge >= 0.3 is 0 Å². The molecule has 2 fully saturated rings. The zero-order valence-corrected chi connectivity index (χ0v) is 13.3. The summed E-state index contributed by atoms with van der Waals surface area (Å²) < 4.78 is 5.94. The van der Waals surface area contributed by atoms with Crippen molar-refractivity contribution in [2.45, 2.75) is 44.9 Å². The highest BCUT2D eigenvalue weighted by Crippen LogP contribution is 2.29. The average molecular weight is 302 g/mol. The van der Waals surface area contributed by atoms with Crippen LogP contribution < -0.4 is 5.32 Å². The van der Waals surface area contributed by atoms with E-state index in [4.69, 9.17) is 4.74 Å². The Kier molecular flexibility index (Phi) is 5.11. The van der Waals surface area contributed by atoms with Gasteiger partial charge in [-0.15, -0.1) is 0 Å². The summed E-state index contributed by atoms with van der Waals surface area (Å²) in [5.74, 6) is 0.480. The fourth-order valence-electron chi connectivity index (χ4n) is 3.06. The van der Waals surface area contributed by atoms with Gasteiger partial charge in [0, 0.05) is 25.6 Å². The first-order chi connectivity index (χ1) is 10.8. The van der Waals surface area contributed by atoms with E-state index in [9.17, 15) is 4.79 Å². The largest absolute Gasteiger partial charge is 0.373 e. The molecule has 1 saturated carbocycles. The van der Waals surface area contributed by atoms with Crippen molar-refractivity contribution in [1.29, 1.82) is 0 Å². The van der Waals surface area contributed by atoms with E-state index in [1.165, 1.54) is 5.56 Å². The Labute approximate surface area is 132 Å². The van der Waals surface area contributed by atoms with Gasteiger partial charge in [-0.3, -0.25) is 9.69 Å². The van der Waals surface area contributed by atoms with Gasteiger partial charge in [-0.1, -0.05) is 37.3 Å². The van der Waals surface area contributed by atoms with Gasteiger partial charge < -0.3 is 10.1 Å². The number of hydrogen-bond acceptors (Lipinski definition) is 3. The van der Waals surface area contributed by atoms with Crippen LogP contribution in [0.2, 0.25) is 0 Å². The third-order valence-corrected chi connectivity index (χ3v) is 4.59. The average Bonchev–Trinajstić information content (AvgIpc) is 3.38. The highest BCUT2D eigenvalue weighted by Gasteiger charge is 2.34. The standard InChI is InChI=1S/C18H26N2O2/c1-2-16(19-18(21)15-8-9-15)17-13-20(10-11-22-17)12-14-6-4-3-5-7-14/h3-7,15-17H,2,8-13H2,1H3,(H,19,21)/t16-,17-/m1/s1. The van der Waals surface area contributed by atoms with Crippen LogP contribution in [0.25, 0.3) is 0 Å². The number of hydrogen-bond donors (Lipinski definition) is 1. The lowest BCUT2D eigenvalue weighted by atomic mass is 10.1. The molecule has 3 rings (SSSR count). The Hall–Kier alpha value is -1.39. The summed E-state index contributed by atoms with van der Waals surface area (Å²) in [7, 11) is 0. The van der Waals surface area contributed by atoms with Crippen LogP contribution in [-0.2, 0) is 16.1 Å². The molecule has 1 aromatic carbocycles. The van der Waals surface area contributed by atoms with Crippen LogP contribution in [0, 0.1) is 5.92 Å². The van der Waals surface area contributed by atoms with Crippen molar-refractivity contribution in [3.05, 3.63) is 35.9 Å². The number of ether oxygens (including phenoxy) is 1. The summed E-state index contributed by atoms with van der Waals surface area (Å²) in [5, 5.41) is 3.19. The minimum Gasteiger partial charge on any atom is -0.373 e. The third kappa shape index (κ3) is 4.08. The van der Waals surface area contributed by atoms with E-state index in [0.29, 0.717) is 0 Å². The Morgan fingerprint density at radius 3 is 2.82 bits per heavy atom. The van der Waals surface area contributed by atoms with Crippen LogP contribution in [0.1, 0.15) is 31.7 Å². The van der Waals surface area contributed by atoms with E-state index in [-0.39, 0.29) is 24.0 Å². The van der Waals surface area contributed by atoms with Gasteiger partial charge in [-0.05, 0) is 24.8 Å². The number of carbonyl (C=O) groups excluding carboxylic acids is 1. The van der Waals surface area contributed by atoms with E-state index >= 15 is 0 Å². The lowest BCUT2D eigenvalue weighted by Gasteiger charge is -2.37. The van der Waals surface area contributed by atoms with Crippen LogP contribution in [0.4, 0.5) is 0 Å². The van der Waals surface area contributed by atoms with Crippen molar-refractivity contribution in [3.63, 3.8) is 0 Å². The molecule has 1 saturated heterocycles. The lowest BCUT2D eigenvalue weighted by molar-refractivity contribution is -0.125. The second kappa shape index (κ2) is 7.25. The first-order valence-electron chi connectivity index (χ1n) is 8.44. The molecule has 4 heteroatoms. The molecule has 1 aliphatic heterocycles. The Balaban J connectivity index is 1.55. The molecule has 1 amide bonds. The fraction of sp³-hybridized carbons (Fsp3) is 0.611. The van der Waals surface area contributed by atoms with Crippen molar-refractivity contribution in [3.8, 4) is 0 Å². The molecule has 2 atom stereocenters. The quantitative estimate of drug-likeness (QED) is 0.876. The van der Waals surface area contributed by atoms with Crippen LogP contribution >= 0.6 is 0 Å². The molecule has 1 aromatic rings. The van der Waals surface area contributed by atoms with Gasteiger partial charge in [0.25, 0.3) is 0 Å². The highest BCUT2D eigenvalue weighted by molar-refractivity contribution is 5.81. The Morgan fingerprint density at radius 1 is 1.36 bits per heavy atom. The van der Waals surface area contributed by atoms with Gasteiger partial charge in [0.05, 0.1) is 18.8 Å². The minimum atomic E-state index is 0.102. The van der Waals surface area contributed by atoms with E-state index in [1.807, 2.05) is 6.07 Å². The molecule has 22 heavy (non-hydrogen) atoms. The first kappa shape index (κ1) is 15.5. The Morgan fingerprint density at radius 2 is 2.14 bits per heavy atom. The van der Waals surface area contributed by atoms with Crippen LogP contribution in [0.15, 0.2) is 30.3 Å². The van der Waals surface area contributed by atoms with Gasteiger partial charge in [0.1, 0.15) is 0 Å². The first-order valence-corrected chi connectivity index (χ1v) is 8.44. The zero-order chi connectivity index (χ0) is 15.4. The number of rotatable bonds is 6. The molecule has 4 nitrogen and oxygen atoms in total. The summed E-state index contributed by atoms with van der Waals surface area (Å²) in [6.45, 7) is 5.66. The minimum absolute atomic E-state index is 0.102. The second-order valence-corrected chi connectivity index (χ2v) is 6.43. The summed E-state index contributed by atoms with van der Waals surface area (Å²) >= 11 is 0. The number of nitrogens with one attached hydrogen (secondary N) is 1. The number of amides is 1. The molecule has 0 unspecified atom stereocenters. The second-order valence-electron chi connectivity index (χ2n) is 6.43. The van der Waals surface area contributed by atoms with E-state index in [0.717, 1.165) is 45.5 Å². The van der Waals surface area contributed by atoms with E-state index < -0.39 is 0 Å². The number of benzene rings is 1. The summed E-state index contributed by atoms with van der Waals surface area (Å²) in [4.78, 5) is 14.4. The van der Waals surface area contributed by atoms with Crippen molar-refractivity contribution in [1.82, 2.24) is 10.2 Å². The lowest BCUT2D eigenvalue weighted by Crippen LogP contribution is -2.53. The molecule has 1 heterocycles. The highest BCUT2D eigenvalue weighted by atomic mass is 16.5. The molecule has 1 N–H and O–H groups in total. The predicted molar refractivity (Wildman–Crippen MR) is 86.4 cm³/mol. The molecule has 0 aromatic heterocycles. The normalized spacial score (nSPS) is 24.0. The van der Waals surface area contributed by atoms with Gasteiger partial charge in [-0.2, -0.15) is 0 Å². The van der Waals surface area contributed by atoms with E-state index in [1.54, 1.807) is 0 Å².